The van der Waals surface area contributed by atoms with Crippen LogP contribution in [0.4, 0.5) is 14.5 Å². The van der Waals surface area contributed by atoms with Gasteiger partial charge in [-0.1, -0.05) is 23.0 Å². The average molecular weight is 386 g/mol. The molecule has 0 saturated heterocycles. The maximum absolute atomic E-state index is 13.9. The molecule has 0 bridgehead atoms. The first kappa shape index (κ1) is 19.2. The van der Waals surface area contributed by atoms with Crippen molar-refractivity contribution in [2.24, 2.45) is 5.16 Å². The third kappa shape index (κ3) is 5.43. The molecule has 0 heterocycles. The zero-order valence-electron chi connectivity index (χ0n) is 13.7. The zero-order chi connectivity index (χ0) is 18.6. The minimum Gasteiger partial charge on any atom is -0.399 e. The predicted octanol–water partition coefficient (Wildman–Crippen LogP) is 3.86. The van der Waals surface area contributed by atoms with E-state index in [9.17, 15) is 17.2 Å². The van der Waals surface area contributed by atoms with Gasteiger partial charge >= 0.3 is 0 Å². The molecule has 0 aliphatic rings. The van der Waals surface area contributed by atoms with Gasteiger partial charge in [0.05, 0.1) is 17.7 Å². The number of nitrogens with one attached hydrogen (secondary N) is 1. The normalized spacial score (nSPS) is 12.1. The molecule has 9 heteroatoms. The van der Waals surface area contributed by atoms with Crippen LogP contribution in [0.2, 0.25) is 0 Å². The van der Waals surface area contributed by atoms with Gasteiger partial charge in [0.2, 0.25) is 10.0 Å². The molecule has 25 heavy (non-hydrogen) atoms. The predicted molar refractivity (Wildman–Crippen MR) is 94.6 cm³/mol. The second kappa shape index (κ2) is 7.83. The topological polar surface area (TPSA) is 67.8 Å². The number of nitrogens with zero attached hydrogens (tertiary/aromatic N) is 1. The summed E-state index contributed by atoms with van der Waals surface area (Å²) < 4.78 is 52.5. The van der Waals surface area contributed by atoms with Crippen LogP contribution in [0.1, 0.15) is 12.5 Å². The van der Waals surface area contributed by atoms with Gasteiger partial charge in [0, 0.05) is 21.4 Å². The molecule has 0 atom stereocenters. The van der Waals surface area contributed by atoms with Crippen molar-refractivity contribution < 1.29 is 22.0 Å². The first-order chi connectivity index (χ1) is 11.7. The van der Waals surface area contributed by atoms with Gasteiger partial charge in [-0.15, -0.1) is 0 Å². The summed E-state index contributed by atoms with van der Waals surface area (Å²) >= 11 is 0.975. The number of oxime groups is 1. The highest BCUT2D eigenvalue weighted by molar-refractivity contribution is 7.99. The van der Waals surface area contributed by atoms with Crippen LogP contribution in [0.5, 0.6) is 0 Å². The van der Waals surface area contributed by atoms with Crippen molar-refractivity contribution >= 4 is 33.2 Å². The number of anilines is 1. The van der Waals surface area contributed by atoms with Crippen LogP contribution in [-0.2, 0) is 14.9 Å². The molecule has 0 unspecified atom stereocenters. The van der Waals surface area contributed by atoms with E-state index in [2.05, 4.69) is 9.88 Å². The first-order valence-electron chi connectivity index (χ1n) is 7.02. The van der Waals surface area contributed by atoms with Crippen LogP contribution < -0.4 is 4.72 Å². The maximum Gasteiger partial charge on any atom is 0.229 e. The lowest BCUT2D eigenvalue weighted by molar-refractivity contribution is 0.213. The van der Waals surface area contributed by atoms with Crippen molar-refractivity contribution in [1.82, 2.24) is 0 Å². The van der Waals surface area contributed by atoms with Crippen molar-refractivity contribution in [3.63, 3.8) is 0 Å². The standard InChI is InChI=1S/C16H16F2N2O3S2/c1-10(19-23-2)11-4-6-14(20-25(3,21)22)16(8-11)24-15-7-5-12(17)9-13(15)18/h4-9,20H,1-3H3/b19-10+. The average Bonchev–Trinajstić information content (AvgIpc) is 2.50. The molecular weight excluding hydrogens is 370 g/mol. The highest BCUT2D eigenvalue weighted by atomic mass is 32.2. The van der Waals surface area contributed by atoms with E-state index in [1.165, 1.54) is 13.2 Å². The zero-order valence-corrected chi connectivity index (χ0v) is 15.3. The molecule has 0 aromatic heterocycles. The van der Waals surface area contributed by atoms with E-state index in [-0.39, 0.29) is 10.6 Å². The Labute approximate surface area is 149 Å². The highest BCUT2D eigenvalue weighted by Gasteiger charge is 2.14. The Bertz CT molecular complexity index is 916. The summed E-state index contributed by atoms with van der Waals surface area (Å²) in [5.74, 6) is -1.42. The third-order valence-corrected chi connectivity index (χ3v) is 4.74. The molecule has 0 radical (unpaired) electrons. The molecule has 5 nitrogen and oxygen atoms in total. The Morgan fingerprint density at radius 1 is 1.16 bits per heavy atom. The van der Waals surface area contributed by atoms with Crippen LogP contribution in [0.25, 0.3) is 0 Å². The minimum atomic E-state index is -3.52. The highest BCUT2D eigenvalue weighted by Crippen LogP contribution is 2.36. The lowest BCUT2D eigenvalue weighted by Gasteiger charge is -2.13. The van der Waals surface area contributed by atoms with Crippen LogP contribution in [0, 0.1) is 11.6 Å². The van der Waals surface area contributed by atoms with Crippen LogP contribution in [0.3, 0.4) is 0 Å². The fourth-order valence-electron chi connectivity index (χ4n) is 1.98. The molecule has 2 aromatic carbocycles. The molecule has 0 fully saturated rings. The fraction of sp³-hybridized carbons (Fsp3) is 0.188. The van der Waals surface area contributed by atoms with Gasteiger partial charge < -0.3 is 4.84 Å². The number of rotatable bonds is 6. The molecule has 134 valence electrons. The maximum atomic E-state index is 13.9. The SMILES string of the molecule is CO/N=C(\C)c1ccc(NS(C)(=O)=O)c(Sc2ccc(F)cc2F)c1. The summed E-state index contributed by atoms with van der Waals surface area (Å²) in [5, 5.41) is 3.82. The van der Waals surface area contributed by atoms with E-state index < -0.39 is 21.7 Å². The lowest BCUT2D eigenvalue weighted by Crippen LogP contribution is -2.10. The van der Waals surface area contributed by atoms with Crippen molar-refractivity contribution in [1.29, 1.82) is 0 Å². The first-order valence-corrected chi connectivity index (χ1v) is 9.73. The molecule has 0 amide bonds. The molecule has 0 aliphatic carbocycles. The molecule has 0 aliphatic heterocycles. The van der Waals surface area contributed by atoms with Crippen LogP contribution >= 0.6 is 11.8 Å². The summed E-state index contributed by atoms with van der Waals surface area (Å²) in [6.45, 7) is 1.72. The van der Waals surface area contributed by atoms with Gasteiger partial charge in [0.15, 0.2) is 0 Å². The second-order valence-corrected chi connectivity index (χ2v) is 7.95. The molecule has 2 rings (SSSR count). The number of benzene rings is 2. The summed E-state index contributed by atoms with van der Waals surface area (Å²) in [7, 11) is -2.11. The van der Waals surface area contributed by atoms with E-state index >= 15 is 0 Å². The van der Waals surface area contributed by atoms with Gasteiger partial charge in [-0.2, -0.15) is 0 Å². The van der Waals surface area contributed by atoms with E-state index in [1.807, 2.05) is 0 Å². The number of hydrogen-bond acceptors (Lipinski definition) is 5. The van der Waals surface area contributed by atoms with E-state index in [1.54, 1.807) is 25.1 Å². The lowest BCUT2D eigenvalue weighted by atomic mass is 10.1. The summed E-state index contributed by atoms with van der Waals surface area (Å²) in [4.78, 5) is 5.33. The fourth-order valence-corrected chi connectivity index (χ4v) is 3.57. The van der Waals surface area contributed by atoms with Crippen molar-refractivity contribution in [3.8, 4) is 0 Å². The molecule has 1 N–H and O–H groups in total. The quantitative estimate of drug-likeness (QED) is 0.605. The van der Waals surface area contributed by atoms with E-state index in [0.717, 1.165) is 30.2 Å². The van der Waals surface area contributed by atoms with Gasteiger partial charge in [0.1, 0.15) is 18.7 Å². The van der Waals surface area contributed by atoms with Crippen molar-refractivity contribution in [2.45, 2.75) is 16.7 Å². The largest absolute Gasteiger partial charge is 0.399 e. The Balaban J connectivity index is 2.49. The molecule has 0 saturated carbocycles. The number of sulfonamides is 1. The Morgan fingerprint density at radius 3 is 2.48 bits per heavy atom. The number of halogens is 2. The molecule has 2 aromatic rings. The van der Waals surface area contributed by atoms with Crippen molar-refractivity contribution in [3.05, 3.63) is 53.6 Å². The van der Waals surface area contributed by atoms with E-state index in [0.29, 0.717) is 16.2 Å². The van der Waals surface area contributed by atoms with Gasteiger partial charge in [-0.3, -0.25) is 4.72 Å². The van der Waals surface area contributed by atoms with Crippen LogP contribution in [-0.4, -0.2) is 27.5 Å². The Hall–Kier alpha value is -2.13. The molecular formula is C16H16F2N2O3S2. The summed E-state index contributed by atoms with van der Waals surface area (Å²) in [6, 6.07) is 8.07. The Morgan fingerprint density at radius 2 is 1.88 bits per heavy atom. The summed E-state index contributed by atoms with van der Waals surface area (Å²) in [6.07, 6.45) is 1.02. The van der Waals surface area contributed by atoms with E-state index in [4.69, 9.17) is 4.84 Å². The smallest absolute Gasteiger partial charge is 0.229 e. The summed E-state index contributed by atoms with van der Waals surface area (Å²) in [5.41, 5.74) is 1.52. The minimum absolute atomic E-state index is 0.163. The number of hydrogen-bond donors (Lipinski definition) is 1. The second-order valence-electron chi connectivity index (χ2n) is 5.12. The van der Waals surface area contributed by atoms with Crippen molar-refractivity contribution in [2.75, 3.05) is 18.1 Å². The molecule has 0 spiro atoms. The Kier molecular flexibility index (Phi) is 6.02. The third-order valence-electron chi connectivity index (χ3n) is 3.04. The van der Waals surface area contributed by atoms with Crippen LogP contribution in [0.15, 0.2) is 51.3 Å². The van der Waals surface area contributed by atoms with Gasteiger partial charge in [-0.05, 0) is 31.2 Å². The van der Waals surface area contributed by atoms with Gasteiger partial charge in [0.25, 0.3) is 0 Å². The monoisotopic (exact) mass is 386 g/mol. The van der Waals surface area contributed by atoms with Gasteiger partial charge in [-0.25, -0.2) is 17.2 Å².